The van der Waals surface area contributed by atoms with Gasteiger partial charge in [-0.25, -0.2) is 0 Å². The van der Waals surface area contributed by atoms with Crippen LogP contribution in [0.3, 0.4) is 0 Å². The average Bonchev–Trinajstić information content (AvgIpc) is 3.54. The number of aliphatic hydroxyl groups is 8. The molecule has 2 rings (SSSR count). The summed E-state index contributed by atoms with van der Waals surface area (Å²) in [5.74, 6) is -3.02. The predicted octanol–water partition coefficient (Wildman–Crippen LogP) is -9.63. The van der Waals surface area contributed by atoms with Gasteiger partial charge in [0.15, 0.2) is 0 Å². The van der Waals surface area contributed by atoms with Crippen LogP contribution in [0.4, 0.5) is 0 Å². The van der Waals surface area contributed by atoms with Gasteiger partial charge in [0, 0.05) is 39.5 Å². The van der Waals surface area contributed by atoms with Crippen molar-refractivity contribution in [2.75, 3.05) is 64.7 Å². The van der Waals surface area contributed by atoms with Gasteiger partial charge in [-0.15, -0.1) is 0 Å². The highest BCUT2D eigenvalue weighted by atomic mass is 31.2. The van der Waals surface area contributed by atoms with Crippen LogP contribution >= 0.6 is 30.4 Å². The summed E-state index contributed by atoms with van der Waals surface area (Å²) in [6.07, 6.45) is -10.8. The zero-order chi connectivity index (χ0) is 43.1. The summed E-state index contributed by atoms with van der Waals surface area (Å²) in [5, 5.41) is 74.2. The van der Waals surface area contributed by atoms with Gasteiger partial charge in [0.05, 0.1) is 91.2 Å². The van der Waals surface area contributed by atoms with Gasteiger partial charge in [0.1, 0.15) is 82.7 Å². The Balaban J connectivity index is 0.000000560. The first-order valence-electron chi connectivity index (χ1n) is 16.1. The molecule has 24 nitrogen and oxygen atoms in total. The molecule has 0 aromatic heterocycles. The molecule has 8 N–H and O–H groups in total. The number of aliphatic hydroxyl groups excluding tert-OH is 8. The first kappa shape index (κ1) is 54.5. The lowest BCUT2D eigenvalue weighted by atomic mass is 9.50. The van der Waals surface area contributed by atoms with E-state index in [-0.39, 0.29) is 0 Å². The predicted molar refractivity (Wildman–Crippen MR) is 186 cm³/mol. The van der Waals surface area contributed by atoms with Crippen LogP contribution in [0.5, 0.6) is 0 Å². The Hall–Kier alpha value is 0.510. The lowest BCUT2D eigenvalue weighted by Crippen LogP contribution is -2.36. The van der Waals surface area contributed by atoms with E-state index in [4.69, 9.17) is 70.5 Å². The second-order valence-corrected chi connectivity index (χ2v) is 20.0. The molecule has 2 saturated heterocycles. The molecule has 10 radical (unpaired) electrons. The lowest BCUT2D eigenvalue weighted by Gasteiger charge is -2.33. The van der Waals surface area contributed by atoms with Crippen LogP contribution < -0.4 is 19.6 Å². The monoisotopic (exact) mass is 878 g/mol. The fraction of sp³-hybridized carbons (Fsp3) is 1.00. The van der Waals surface area contributed by atoms with Gasteiger partial charge >= 0.3 is 0 Å². The molecular weight excluding hydrogens is 837 g/mol. The Kier molecular flexibility index (Phi) is 24.8. The highest BCUT2D eigenvalue weighted by molar-refractivity contribution is 7.69. The van der Waals surface area contributed by atoms with Gasteiger partial charge in [-0.1, -0.05) is 0 Å². The summed E-state index contributed by atoms with van der Waals surface area (Å²) in [5.41, 5.74) is 0. The summed E-state index contributed by atoms with van der Waals surface area (Å²) in [6, 6.07) is -4.46. The molecule has 0 aromatic carbocycles. The molecule has 0 saturated carbocycles. The second kappa shape index (κ2) is 25.4. The topological polar surface area (TPSA) is 396 Å². The summed E-state index contributed by atoms with van der Waals surface area (Å²) in [6.45, 7) is -5.49. The molecule has 0 amide bonds. The minimum atomic E-state index is -4.98. The summed E-state index contributed by atoms with van der Waals surface area (Å²) in [7, 11) is 3.03. The van der Waals surface area contributed by atoms with Gasteiger partial charge in [0.25, 0.3) is 0 Å². The Bertz CT molecular complexity index is 1330. The molecule has 0 bridgehead atoms. The molecule has 16 atom stereocenters. The van der Waals surface area contributed by atoms with E-state index in [9.17, 15) is 58.3 Å². The Morgan fingerprint density at radius 1 is 0.625 bits per heavy atom. The van der Waals surface area contributed by atoms with E-state index in [1.54, 1.807) is 0 Å². The van der Waals surface area contributed by atoms with Crippen molar-refractivity contribution in [3.8, 4) is 0 Å². The van der Waals surface area contributed by atoms with Crippen molar-refractivity contribution in [1.82, 2.24) is 0 Å². The molecule has 2 heterocycles. The van der Waals surface area contributed by atoms with Gasteiger partial charge in [-0.3, -0.25) is 0 Å². The standard InChI is InChI=1S/C11H20B3O12P2.C11H24B3O12P2/c12-10-8(17)6(15)4(25-10)1-23-27(19,20)3-28(21,22)24-2-5-7(16)9(18)11(14-13)26-5;12-10(3-17)25-8(1-15)5-23-27(19,20)7-28(21,22)24-6-9(2-16)26-11(4-18)14-13/h4-11,15-18H,1-3H2,(H,19,20)(H,21,22);8-11,15-18H,1-7H2,(H,19,20)(H,21,22)/p-4/t4-,5-,6?,7?,8?,9+,10-,11-;8-,9-,10+,11+/m10/s1. The van der Waals surface area contributed by atoms with Gasteiger partial charge in [0.2, 0.25) is 0 Å². The Labute approximate surface area is 328 Å². The molecular formula is C22H40B6O24P4-4. The lowest BCUT2D eigenvalue weighted by molar-refractivity contribution is -0.212. The van der Waals surface area contributed by atoms with Crippen molar-refractivity contribution in [2.45, 2.75) is 72.8 Å². The molecule has 56 heavy (non-hydrogen) atoms. The first-order valence-corrected chi connectivity index (χ1v) is 23.0. The molecule has 2 aliphatic rings. The van der Waals surface area contributed by atoms with E-state index < -0.39 is 168 Å². The zero-order valence-electron chi connectivity index (χ0n) is 29.4. The van der Waals surface area contributed by atoms with Crippen molar-refractivity contribution in [3.05, 3.63) is 0 Å². The highest BCUT2D eigenvalue weighted by Crippen LogP contribution is 2.54. The van der Waals surface area contributed by atoms with E-state index in [2.05, 4.69) is 18.1 Å². The van der Waals surface area contributed by atoms with Crippen molar-refractivity contribution in [2.24, 2.45) is 0 Å². The molecule has 0 spiro atoms. The molecule has 2 aliphatic heterocycles. The third kappa shape index (κ3) is 19.9. The van der Waals surface area contributed by atoms with E-state index >= 15 is 0 Å². The number of ether oxygens (including phenoxy) is 4. The summed E-state index contributed by atoms with van der Waals surface area (Å²) < 4.78 is 85.3. The van der Waals surface area contributed by atoms with Crippen molar-refractivity contribution in [1.29, 1.82) is 0 Å². The highest BCUT2D eigenvalue weighted by Gasteiger charge is 2.42. The maximum Gasteiger partial charge on any atom is 0.143 e. The second-order valence-electron chi connectivity index (χ2n) is 11.9. The van der Waals surface area contributed by atoms with Crippen LogP contribution in [-0.2, 0) is 55.3 Å². The van der Waals surface area contributed by atoms with Crippen molar-refractivity contribution in [3.63, 3.8) is 0 Å². The normalized spacial score (nSPS) is 31.6. The maximum atomic E-state index is 11.9. The number of hydrogen-bond acceptors (Lipinski definition) is 24. The van der Waals surface area contributed by atoms with Crippen molar-refractivity contribution >= 4 is 75.9 Å². The van der Waals surface area contributed by atoms with Crippen LogP contribution in [0.1, 0.15) is 0 Å². The van der Waals surface area contributed by atoms with E-state index in [0.29, 0.717) is 0 Å². The fourth-order valence-corrected chi connectivity index (χ4v) is 10.5. The van der Waals surface area contributed by atoms with Gasteiger partial charge in [-0.05, 0) is 0 Å². The van der Waals surface area contributed by atoms with Crippen LogP contribution in [0.25, 0.3) is 0 Å². The van der Waals surface area contributed by atoms with E-state index in [1.807, 2.05) is 0 Å². The van der Waals surface area contributed by atoms with Crippen LogP contribution in [-0.4, -0.2) is 224 Å². The molecule has 0 aliphatic carbocycles. The summed E-state index contributed by atoms with van der Waals surface area (Å²) >= 11 is 0. The molecule has 2 fully saturated rings. The summed E-state index contributed by atoms with van der Waals surface area (Å²) in [4.78, 5) is 47.4. The Morgan fingerprint density at radius 2 is 1.05 bits per heavy atom. The number of rotatable bonds is 26. The Morgan fingerprint density at radius 3 is 1.41 bits per heavy atom. The zero-order valence-corrected chi connectivity index (χ0v) is 32.9. The molecule has 0 aromatic rings. The number of hydrogen-bond donors (Lipinski definition) is 8. The minimum absolute atomic E-state index is 0.528. The first-order chi connectivity index (χ1) is 25.9. The van der Waals surface area contributed by atoms with Gasteiger partial charge in [-0.2, -0.15) is 0 Å². The van der Waals surface area contributed by atoms with E-state index in [0.717, 1.165) is 14.3 Å². The van der Waals surface area contributed by atoms with Crippen LogP contribution in [0, 0.1) is 0 Å². The maximum absolute atomic E-state index is 11.9. The average molecular weight is 877 g/mol. The van der Waals surface area contributed by atoms with E-state index in [1.165, 1.54) is 0 Å². The fourth-order valence-electron chi connectivity index (χ4n) is 4.30. The van der Waals surface area contributed by atoms with Crippen LogP contribution in [0.15, 0.2) is 0 Å². The quantitative estimate of drug-likeness (QED) is 0.0295. The molecule has 314 valence electrons. The third-order valence-electron chi connectivity index (χ3n) is 7.18. The molecule has 7 unspecified atom stereocenters. The van der Waals surface area contributed by atoms with Gasteiger partial charge < -0.3 is 116 Å². The van der Waals surface area contributed by atoms with Crippen molar-refractivity contribution < 1.29 is 116 Å². The van der Waals surface area contributed by atoms with Crippen LogP contribution in [0.2, 0.25) is 0 Å². The smallest absolute Gasteiger partial charge is 0.143 e. The largest absolute Gasteiger partial charge is 0.778 e. The molecule has 34 heteroatoms. The SMILES string of the molecule is [B][B][C@@H](CO)O[C@@H](CO)COP(=O)([O-])CP(=O)([O-])OC[C@H](CO)O[C@@H]([B])CO.[B][B][C@@H]1O[C@H](COP(=O)([O-])CP(=O)([O-])OC[C@H]2O[C@@H]([B])C(O)C2O)C(O)[C@@H]1O. The minimum Gasteiger partial charge on any atom is -0.778 e. The third-order valence-corrected chi connectivity index (χ3v) is 14.9.